The van der Waals surface area contributed by atoms with Gasteiger partial charge in [0.15, 0.2) is 0 Å². The first-order valence-electron chi connectivity index (χ1n) is 12.4. The highest BCUT2D eigenvalue weighted by atomic mass is 32.1. The molecule has 4 N–H and O–H groups in total. The van der Waals surface area contributed by atoms with E-state index in [1.807, 2.05) is 11.0 Å². The van der Waals surface area contributed by atoms with E-state index in [4.69, 9.17) is 0 Å². The lowest BCUT2D eigenvalue weighted by atomic mass is 9.96. The lowest BCUT2D eigenvalue weighted by Crippen LogP contribution is -2.42. The van der Waals surface area contributed by atoms with Gasteiger partial charge in [0.2, 0.25) is 5.91 Å². The summed E-state index contributed by atoms with van der Waals surface area (Å²) >= 11 is 1.11. The number of amides is 1. The fourth-order valence-corrected chi connectivity index (χ4v) is 4.96. The van der Waals surface area contributed by atoms with Gasteiger partial charge < -0.3 is 25.6 Å². The van der Waals surface area contributed by atoms with E-state index in [1.165, 1.54) is 12.1 Å². The monoisotopic (exact) mass is 516 g/mol. The lowest BCUT2D eigenvalue weighted by Gasteiger charge is -2.30. The number of aromatic hydroxyl groups is 1. The zero-order chi connectivity index (χ0) is 26.1. The minimum Gasteiger partial charge on any atom is -0.506 e. The van der Waals surface area contributed by atoms with Gasteiger partial charge in [-0.25, -0.2) is 4.39 Å². The van der Waals surface area contributed by atoms with Crippen molar-refractivity contribution >= 4 is 27.5 Å². The van der Waals surface area contributed by atoms with Crippen LogP contribution in [0.4, 0.5) is 4.39 Å². The van der Waals surface area contributed by atoms with E-state index in [2.05, 4.69) is 36.4 Å². The predicted octanol–water partition coefficient (Wildman–Crippen LogP) is 3.66. The number of benzene rings is 2. The highest BCUT2D eigenvalue weighted by Gasteiger charge is 2.20. The van der Waals surface area contributed by atoms with Gasteiger partial charge in [-0.05, 0) is 60.7 Å². The standard InChI is InChI=1S/C27H37FN4O3S/c1-27(2,3)18-32(23(34)12-15-29-13-10-19-4-7-21(28)8-5-19)17-16-30-14-11-20-6-9-22(33)24-25(20)36-26(35)31-24/h4-9,29-30,33H,10-18H2,1-3H3,(H,31,35). The van der Waals surface area contributed by atoms with E-state index in [0.29, 0.717) is 44.7 Å². The summed E-state index contributed by atoms with van der Waals surface area (Å²) in [6.45, 7) is 10.4. The Kier molecular flexibility index (Phi) is 10.0. The maximum Gasteiger partial charge on any atom is 0.305 e. The van der Waals surface area contributed by atoms with E-state index >= 15 is 0 Å². The molecule has 0 bridgehead atoms. The Morgan fingerprint density at radius 2 is 1.72 bits per heavy atom. The molecule has 0 aliphatic rings. The first-order valence-corrected chi connectivity index (χ1v) is 13.2. The number of carbonyl (C=O) groups is 1. The number of fused-ring (bicyclic) bond motifs is 1. The highest BCUT2D eigenvalue weighted by molar-refractivity contribution is 7.16. The van der Waals surface area contributed by atoms with Crippen LogP contribution in [-0.4, -0.2) is 60.2 Å². The van der Waals surface area contributed by atoms with E-state index in [-0.39, 0.29) is 27.8 Å². The van der Waals surface area contributed by atoms with Crippen molar-refractivity contribution in [3.8, 4) is 5.75 Å². The smallest absolute Gasteiger partial charge is 0.305 e. The second-order valence-electron chi connectivity index (χ2n) is 10.2. The third-order valence-corrected chi connectivity index (χ3v) is 6.76. The topological polar surface area (TPSA) is 97.5 Å². The van der Waals surface area contributed by atoms with Crippen LogP contribution >= 0.6 is 11.3 Å². The molecule has 1 heterocycles. The van der Waals surface area contributed by atoms with Crippen LogP contribution in [0.15, 0.2) is 41.2 Å². The maximum atomic E-state index is 13.0. The molecule has 1 amide bonds. The SMILES string of the molecule is CC(C)(C)CN(CCNCCc1ccc(O)c2[nH]c(=O)sc12)C(=O)CCNCCc1ccc(F)cc1. The Morgan fingerprint density at radius 1 is 1.03 bits per heavy atom. The number of aromatic nitrogens is 1. The number of aromatic amines is 1. The zero-order valence-electron chi connectivity index (χ0n) is 21.3. The summed E-state index contributed by atoms with van der Waals surface area (Å²) in [5.74, 6) is -0.0259. The number of hydrogen-bond acceptors (Lipinski definition) is 6. The number of phenolic OH excluding ortho intramolecular Hbond substituents is 1. The molecule has 7 nitrogen and oxygen atoms in total. The van der Waals surface area contributed by atoms with Gasteiger partial charge in [-0.3, -0.25) is 9.59 Å². The molecule has 0 saturated carbocycles. The van der Waals surface area contributed by atoms with Crippen LogP contribution in [0.2, 0.25) is 0 Å². The first-order chi connectivity index (χ1) is 17.1. The van der Waals surface area contributed by atoms with E-state index < -0.39 is 0 Å². The number of hydrogen-bond donors (Lipinski definition) is 4. The van der Waals surface area contributed by atoms with Crippen molar-refractivity contribution in [3.05, 3.63) is 63.0 Å². The van der Waals surface area contributed by atoms with Crippen LogP contribution in [0.25, 0.3) is 10.2 Å². The molecule has 0 fully saturated rings. The van der Waals surface area contributed by atoms with Gasteiger partial charge in [0.25, 0.3) is 0 Å². The van der Waals surface area contributed by atoms with Crippen molar-refractivity contribution in [3.63, 3.8) is 0 Å². The quantitative estimate of drug-likeness (QED) is 0.260. The first kappa shape index (κ1) is 27.8. The summed E-state index contributed by atoms with van der Waals surface area (Å²) < 4.78 is 13.8. The summed E-state index contributed by atoms with van der Waals surface area (Å²) in [5.41, 5.74) is 2.56. The summed E-state index contributed by atoms with van der Waals surface area (Å²) in [6.07, 6.45) is 1.93. The summed E-state index contributed by atoms with van der Waals surface area (Å²) in [6, 6.07) is 9.95. The van der Waals surface area contributed by atoms with Gasteiger partial charge in [0.05, 0.1) is 4.70 Å². The maximum absolute atomic E-state index is 13.0. The highest BCUT2D eigenvalue weighted by Crippen LogP contribution is 2.27. The van der Waals surface area contributed by atoms with Crippen LogP contribution in [0.3, 0.4) is 0 Å². The third kappa shape index (κ3) is 8.72. The molecule has 0 radical (unpaired) electrons. The number of rotatable bonds is 13. The van der Waals surface area contributed by atoms with Crippen molar-refractivity contribution in [2.45, 2.75) is 40.0 Å². The Labute approximate surface area is 215 Å². The van der Waals surface area contributed by atoms with E-state index in [1.54, 1.807) is 18.2 Å². The Morgan fingerprint density at radius 3 is 2.44 bits per heavy atom. The molecule has 0 unspecified atom stereocenters. The molecule has 196 valence electrons. The van der Waals surface area contributed by atoms with Crippen LogP contribution in [0.5, 0.6) is 5.75 Å². The van der Waals surface area contributed by atoms with Gasteiger partial charge in [0, 0.05) is 32.6 Å². The summed E-state index contributed by atoms with van der Waals surface area (Å²) in [5, 5.41) is 16.7. The minimum atomic E-state index is -0.234. The van der Waals surface area contributed by atoms with Gasteiger partial charge in [-0.1, -0.05) is 50.3 Å². The molecule has 1 aromatic heterocycles. The Hall–Kier alpha value is -2.75. The number of carbonyl (C=O) groups excluding carboxylic acids is 1. The minimum absolute atomic E-state index is 0.00493. The van der Waals surface area contributed by atoms with Crippen LogP contribution in [0.1, 0.15) is 38.3 Å². The average Bonchev–Trinajstić information content (AvgIpc) is 3.22. The molecule has 2 aromatic carbocycles. The molecule has 36 heavy (non-hydrogen) atoms. The van der Waals surface area contributed by atoms with Crippen LogP contribution < -0.4 is 15.5 Å². The van der Waals surface area contributed by atoms with Crippen LogP contribution in [-0.2, 0) is 17.6 Å². The second kappa shape index (κ2) is 13.0. The molecular weight excluding hydrogens is 479 g/mol. The van der Waals surface area contributed by atoms with Gasteiger partial charge in [0.1, 0.15) is 17.1 Å². The van der Waals surface area contributed by atoms with Gasteiger partial charge in [-0.15, -0.1) is 0 Å². The molecule has 0 saturated heterocycles. The van der Waals surface area contributed by atoms with Crippen molar-refractivity contribution in [2.75, 3.05) is 39.3 Å². The van der Waals surface area contributed by atoms with Crippen molar-refractivity contribution in [1.29, 1.82) is 0 Å². The van der Waals surface area contributed by atoms with Gasteiger partial charge >= 0.3 is 4.87 Å². The zero-order valence-corrected chi connectivity index (χ0v) is 22.1. The summed E-state index contributed by atoms with van der Waals surface area (Å²) in [4.78, 5) is 29.0. The van der Waals surface area contributed by atoms with Crippen molar-refractivity contribution in [2.24, 2.45) is 5.41 Å². The molecule has 3 aromatic rings. The molecule has 0 aliphatic heterocycles. The fraction of sp³-hybridized carbons (Fsp3) is 0.481. The molecule has 0 atom stereocenters. The largest absolute Gasteiger partial charge is 0.506 e. The molecule has 3 rings (SSSR count). The molecule has 0 spiro atoms. The van der Waals surface area contributed by atoms with Crippen LogP contribution in [0, 0.1) is 11.2 Å². The fourth-order valence-electron chi connectivity index (χ4n) is 4.06. The predicted molar refractivity (Wildman–Crippen MR) is 144 cm³/mol. The average molecular weight is 517 g/mol. The number of phenols is 1. The summed E-state index contributed by atoms with van der Waals surface area (Å²) in [7, 11) is 0. The Bertz CT molecular complexity index is 1180. The van der Waals surface area contributed by atoms with Crippen molar-refractivity contribution < 1.29 is 14.3 Å². The molecule has 0 aliphatic carbocycles. The lowest BCUT2D eigenvalue weighted by molar-refractivity contribution is -0.132. The number of thiazole rings is 1. The number of H-pyrrole nitrogens is 1. The normalized spacial score (nSPS) is 11.8. The number of nitrogens with one attached hydrogen (secondary N) is 3. The third-order valence-electron chi connectivity index (χ3n) is 5.81. The second-order valence-corrected chi connectivity index (χ2v) is 11.2. The van der Waals surface area contributed by atoms with E-state index in [9.17, 15) is 19.1 Å². The molecule has 9 heteroatoms. The number of nitrogens with zero attached hydrogens (tertiary/aromatic N) is 1. The Balaban J connectivity index is 1.41. The molecular formula is C27H37FN4O3S. The van der Waals surface area contributed by atoms with Crippen molar-refractivity contribution in [1.82, 2.24) is 20.5 Å². The van der Waals surface area contributed by atoms with Gasteiger partial charge in [-0.2, -0.15) is 0 Å². The van der Waals surface area contributed by atoms with E-state index in [0.717, 1.165) is 46.6 Å². The number of halogens is 1.